The molecule has 2 unspecified atom stereocenters. The summed E-state index contributed by atoms with van der Waals surface area (Å²) in [6, 6.07) is 0. The number of hydrogen-bond donors (Lipinski definition) is 1. The van der Waals surface area contributed by atoms with Gasteiger partial charge in [0.15, 0.2) is 0 Å². The fraction of sp³-hybridized carbons (Fsp3) is 1.00. The van der Waals surface area contributed by atoms with Crippen LogP contribution in [0.2, 0.25) is 0 Å². The molecule has 0 heterocycles. The van der Waals surface area contributed by atoms with E-state index < -0.39 is 21.5 Å². The fourth-order valence-corrected chi connectivity index (χ4v) is 4.90. The fourth-order valence-electron chi connectivity index (χ4n) is 3.99. The second kappa shape index (κ2) is 23.0. The Morgan fingerprint density at radius 1 is 0.633 bits per heavy atom. The van der Waals surface area contributed by atoms with Crippen molar-refractivity contribution in [2.24, 2.45) is 0 Å². The molecular weight excluding hydrogens is 407 g/mol. The average molecular weight is 457 g/mol. The summed E-state index contributed by atoms with van der Waals surface area (Å²) < 4.78 is 34.1. The van der Waals surface area contributed by atoms with Crippen LogP contribution in [-0.4, -0.2) is 29.4 Å². The number of aliphatic hydroxyl groups excluding tert-OH is 1. The van der Waals surface area contributed by atoms with Gasteiger partial charge in [0, 0.05) is 5.25 Å². The van der Waals surface area contributed by atoms with Crippen LogP contribution in [0.5, 0.6) is 0 Å². The Morgan fingerprint density at radius 2 is 0.967 bits per heavy atom. The maximum atomic E-state index is 11.4. The minimum Gasteiger partial charge on any atom is -0.748 e. The van der Waals surface area contributed by atoms with Crippen LogP contribution in [-0.2, 0) is 10.1 Å². The van der Waals surface area contributed by atoms with Gasteiger partial charge in [-0.2, -0.15) is 0 Å². The molecule has 0 amide bonds. The van der Waals surface area contributed by atoms with Crippen LogP contribution in [0.1, 0.15) is 142 Å². The summed E-state index contributed by atoms with van der Waals surface area (Å²) in [4.78, 5) is 0. The molecule has 2 atom stereocenters. The molecule has 0 spiro atoms. The van der Waals surface area contributed by atoms with E-state index in [2.05, 4.69) is 6.92 Å². The van der Waals surface area contributed by atoms with Crippen molar-refractivity contribution < 1.29 is 47.6 Å². The molecule has 0 saturated carbocycles. The van der Waals surface area contributed by atoms with E-state index in [0.29, 0.717) is 25.7 Å². The molecule has 0 aliphatic carbocycles. The Balaban J connectivity index is 0. The van der Waals surface area contributed by atoms with Gasteiger partial charge < -0.3 is 9.66 Å². The third kappa shape index (κ3) is 23.5. The zero-order valence-electron chi connectivity index (χ0n) is 20.4. The van der Waals surface area contributed by atoms with Crippen molar-refractivity contribution in [3.63, 3.8) is 0 Å². The first-order valence-corrected chi connectivity index (χ1v) is 14.0. The van der Waals surface area contributed by atoms with Crippen LogP contribution in [0, 0.1) is 0 Å². The molecule has 0 aromatic heterocycles. The largest absolute Gasteiger partial charge is 1.00 e. The molecule has 0 saturated heterocycles. The summed E-state index contributed by atoms with van der Waals surface area (Å²) in [5, 5.41) is 8.49. The van der Waals surface area contributed by atoms with Crippen molar-refractivity contribution in [3.8, 4) is 0 Å². The smallest absolute Gasteiger partial charge is 0.748 e. The summed E-state index contributed by atoms with van der Waals surface area (Å²) >= 11 is 0. The average Bonchev–Trinajstić information content (AvgIpc) is 2.65. The molecule has 0 aromatic rings. The molecule has 0 radical (unpaired) electrons. The third-order valence-electron chi connectivity index (χ3n) is 5.94. The third-order valence-corrected chi connectivity index (χ3v) is 7.22. The first-order valence-electron chi connectivity index (χ1n) is 12.5. The topological polar surface area (TPSA) is 77.4 Å². The Labute approximate surface area is 210 Å². The summed E-state index contributed by atoms with van der Waals surface area (Å²) in [5.41, 5.74) is 0. The maximum absolute atomic E-state index is 11.4. The second-order valence-electron chi connectivity index (χ2n) is 8.99. The van der Waals surface area contributed by atoms with E-state index in [-0.39, 0.29) is 29.6 Å². The molecule has 0 aliphatic rings. The first-order chi connectivity index (χ1) is 13.9. The van der Waals surface area contributed by atoms with Crippen LogP contribution in [0.3, 0.4) is 0 Å². The first kappa shape index (κ1) is 33.0. The van der Waals surface area contributed by atoms with Crippen molar-refractivity contribution in [2.45, 2.75) is 154 Å². The SMILES string of the molecule is CCCCCCCCCCCCCCCCCCC(CCCC(C)O)S(=O)(=O)[O-].[Na+]. The Bertz CT molecular complexity index is 440. The normalized spacial score (nSPS) is 13.7. The summed E-state index contributed by atoms with van der Waals surface area (Å²) in [6.45, 7) is 3.95. The van der Waals surface area contributed by atoms with Gasteiger partial charge in [-0.25, -0.2) is 8.42 Å². The zero-order chi connectivity index (χ0) is 21.8. The predicted octanol–water partition coefficient (Wildman–Crippen LogP) is 4.11. The number of unbranched alkanes of at least 4 members (excludes halogenated alkanes) is 15. The Morgan fingerprint density at radius 3 is 1.30 bits per heavy atom. The van der Waals surface area contributed by atoms with Crippen molar-refractivity contribution in [1.82, 2.24) is 0 Å². The molecule has 0 aliphatic heterocycles. The van der Waals surface area contributed by atoms with Crippen molar-refractivity contribution in [1.29, 1.82) is 0 Å². The van der Waals surface area contributed by atoms with Gasteiger partial charge in [0.05, 0.1) is 16.2 Å². The van der Waals surface area contributed by atoms with Crippen LogP contribution >= 0.6 is 0 Å². The number of aliphatic hydroxyl groups is 1. The van der Waals surface area contributed by atoms with Crippen molar-refractivity contribution in [2.75, 3.05) is 0 Å². The van der Waals surface area contributed by atoms with E-state index >= 15 is 0 Å². The quantitative estimate of drug-likeness (QED) is 0.151. The monoisotopic (exact) mass is 456 g/mol. The molecule has 0 aromatic carbocycles. The second-order valence-corrected chi connectivity index (χ2v) is 10.6. The molecule has 30 heavy (non-hydrogen) atoms. The standard InChI is InChI=1S/C24H50O4S.Na/c1-3-4-5-6-7-8-9-10-11-12-13-14-15-16-17-18-21-24(29(26,27)28)22-19-20-23(2)25;/h23-25H,3-22H2,1-2H3,(H,26,27,28);/q;+1/p-1. The maximum Gasteiger partial charge on any atom is 1.00 e. The van der Waals surface area contributed by atoms with E-state index in [0.717, 1.165) is 19.3 Å². The minimum absolute atomic E-state index is 0. The van der Waals surface area contributed by atoms with E-state index in [9.17, 15) is 18.1 Å². The van der Waals surface area contributed by atoms with E-state index in [1.54, 1.807) is 6.92 Å². The van der Waals surface area contributed by atoms with Gasteiger partial charge in [0.2, 0.25) is 0 Å². The molecule has 6 heteroatoms. The van der Waals surface area contributed by atoms with E-state index in [4.69, 9.17) is 0 Å². The van der Waals surface area contributed by atoms with Crippen molar-refractivity contribution in [3.05, 3.63) is 0 Å². The van der Waals surface area contributed by atoms with Gasteiger partial charge >= 0.3 is 29.6 Å². The molecule has 4 nitrogen and oxygen atoms in total. The summed E-state index contributed by atoms with van der Waals surface area (Å²) in [7, 11) is -4.22. The Hall–Kier alpha value is 0.870. The Kier molecular flexibility index (Phi) is 25.4. The van der Waals surface area contributed by atoms with Crippen LogP contribution < -0.4 is 29.6 Å². The molecule has 176 valence electrons. The van der Waals surface area contributed by atoms with Crippen LogP contribution in [0.15, 0.2) is 0 Å². The van der Waals surface area contributed by atoms with Crippen LogP contribution in [0.25, 0.3) is 0 Å². The molecular formula is C24H49NaO4S. The van der Waals surface area contributed by atoms with Gasteiger partial charge in [0.1, 0.15) is 0 Å². The van der Waals surface area contributed by atoms with E-state index in [1.807, 2.05) is 0 Å². The zero-order valence-corrected chi connectivity index (χ0v) is 23.2. The summed E-state index contributed by atoms with van der Waals surface area (Å²) in [6.07, 6.45) is 22.2. The number of hydrogen-bond acceptors (Lipinski definition) is 4. The van der Waals surface area contributed by atoms with Gasteiger partial charge in [-0.15, -0.1) is 0 Å². The van der Waals surface area contributed by atoms with E-state index in [1.165, 1.54) is 83.5 Å². The molecule has 0 rings (SSSR count). The van der Waals surface area contributed by atoms with Crippen LogP contribution in [0.4, 0.5) is 0 Å². The summed E-state index contributed by atoms with van der Waals surface area (Å²) in [5.74, 6) is 0. The van der Waals surface area contributed by atoms with Gasteiger partial charge in [-0.05, 0) is 32.6 Å². The number of rotatable bonds is 22. The molecule has 0 bridgehead atoms. The van der Waals surface area contributed by atoms with Gasteiger partial charge in [0.25, 0.3) is 0 Å². The predicted molar refractivity (Wildman–Crippen MR) is 123 cm³/mol. The van der Waals surface area contributed by atoms with Crippen molar-refractivity contribution >= 4 is 10.1 Å². The van der Waals surface area contributed by atoms with Gasteiger partial charge in [-0.1, -0.05) is 110 Å². The minimum atomic E-state index is -4.22. The molecule has 1 N–H and O–H groups in total. The molecule has 0 fully saturated rings. The van der Waals surface area contributed by atoms with Gasteiger partial charge in [-0.3, -0.25) is 0 Å².